The molecule has 5 heteroatoms. The molecule has 1 heterocycles. The normalized spacial score (nSPS) is 25.8. The van der Waals surface area contributed by atoms with Gasteiger partial charge in [0.2, 0.25) is 5.91 Å². The molecule has 0 aliphatic carbocycles. The number of piperidine rings is 1. The number of nitrogens with zero attached hydrogens (tertiary/aromatic N) is 1. The largest absolute Gasteiger partial charge is 0.389 e. The van der Waals surface area contributed by atoms with Crippen LogP contribution in [0.4, 0.5) is 0 Å². The van der Waals surface area contributed by atoms with E-state index >= 15 is 0 Å². The molecule has 1 aliphatic heterocycles. The first kappa shape index (κ1) is 15.4. The molecular weight excluding hydrogens is 232 g/mol. The predicted octanol–water partition coefficient (Wildman–Crippen LogP) is 0.230. The van der Waals surface area contributed by atoms with Crippen molar-refractivity contribution in [3.8, 4) is 0 Å². The van der Waals surface area contributed by atoms with E-state index in [0.717, 1.165) is 25.8 Å². The maximum absolute atomic E-state index is 12.2. The lowest BCUT2D eigenvalue weighted by molar-refractivity contribution is -0.134. The lowest BCUT2D eigenvalue weighted by Crippen LogP contribution is -2.50. The predicted molar refractivity (Wildman–Crippen MR) is 70.3 cm³/mol. The van der Waals surface area contributed by atoms with Gasteiger partial charge in [-0.15, -0.1) is 0 Å². The number of hydrogen-bond acceptors (Lipinski definition) is 4. The quantitative estimate of drug-likeness (QED) is 0.716. The molecule has 0 saturated carbocycles. The Morgan fingerprint density at radius 2 is 2.33 bits per heavy atom. The van der Waals surface area contributed by atoms with Crippen molar-refractivity contribution in [2.24, 2.45) is 5.92 Å². The zero-order valence-electron chi connectivity index (χ0n) is 11.7. The highest BCUT2D eigenvalue weighted by Crippen LogP contribution is 2.20. The molecule has 3 unspecified atom stereocenters. The molecule has 1 saturated heterocycles. The average Bonchev–Trinajstić information content (AvgIpc) is 2.38. The lowest BCUT2D eigenvalue weighted by atomic mass is 9.90. The van der Waals surface area contributed by atoms with E-state index in [4.69, 9.17) is 4.74 Å². The zero-order chi connectivity index (χ0) is 13.5. The van der Waals surface area contributed by atoms with Gasteiger partial charge in [-0.05, 0) is 25.3 Å². The Kier molecular flexibility index (Phi) is 6.60. The summed E-state index contributed by atoms with van der Waals surface area (Å²) in [6.45, 7) is 3.65. The van der Waals surface area contributed by atoms with E-state index in [2.05, 4.69) is 12.2 Å². The number of aliphatic hydroxyl groups is 1. The van der Waals surface area contributed by atoms with E-state index in [1.807, 2.05) is 0 Å². The molecule has 1 aliphatic rings. The third-order valence-electron chi connectivity index (χ3n) is 3.61. The molecule has 1 fully saturated rings. The van der Waals surface area contributed by atoms with Gasteiger partial charge < -0.3 is 20.1 Å². The van der Waals surface area contributed by atoms with Gasteiger partial charge in [0, 0.05) is 20.7 Å². The number of likely N-dealkylation sites (N-methyl/N-ethyl adjacent to an activating group) is 1. The second-order valence-electron chi connectivity index (χ2n) is 5.13. The highest BCUT2D eigenvalue weighted by Gasteiger charge is 2.28. The number of rotatable bonds is 6. The summed E-state index contributed by atoms with van der Waals surface area (Å²) < 4.78 is 4.86. The molecule has 0 spiro atoms. The molecule has 2 N–H and O–H groups in total. The van der Waals surface area contributed by atoms with E-state index < -0.39 is 6.10 Å². The lowest BCUT2D eigenvalue weighted by Gasteiger charge is -2.32. The smallest absolute Gasteiger partial charge is 0.239 e. The number of amides is 1. The van der Waals surface area contributed by atoms with Gasteiger partial charge in [0.25, 0.3) is 0 Å². The molecule has 0 aromatic carbocycles. The zero-order valence-corrected chi connectivity index (χ0v) is 11.7. The van der Waals surface area contributed by atoms with Crippen LogP contribution in [0, 0.1) is 5.92 Å². The standard InChI is InChI=1S/C13H26N2O3/c1-4-10-5-6-14-12(7-10)13(17)15(2)8-11(16)9-18-3/h10-12,14,16H,4-9H2,1-3H3. The van der Waals surface area contributed by atoms with Gasteiger partial charge in [0.05, 0.1) is 18.8 Å². The minimum atomic E-state index is -0.616. The summed E-state index contributed by atoms with van der Waals surface area (Å²) in [4.78, 5) is 13.8. The molecule has 18 heavy (non-hydrogen) atoms. The van der Waals surface area contributed by atoms with E-state index in [9.17, 15) is 9.90 Å². The SMILES string of the molecule is CCC1CCNC(C(=O)N(C)CC(O)COC)C1. The fourth-order valence-corrected chi connectivity index (χ4v) is 2.47. The van der Waals surface area contributed by atoms with Crippen molar-refractivity contribution in [2.45, 2.75) is 38.3 Å². The molecular formula is C13H26N2O3. The van der Waals surface area contributed by atoms with Crippen molar-refractivity contribution in [1.82, 2.24) is 10.2 Å². The highest BCUT2D eigenvalue weighted by atomic mass is 16.5. The Morgan fingerprint density at radius 3 is 2.94 bits per heavy atom. The van der Waals surface area contributed by atoms with Crippen molar-refractivity contribution >= 4 is 5.91 Å². The van der Waals surface area contributed by atoms with Crippen LogP contribution in [0.1, 0.15) is 26.2 Å². The second kappa shape index (κ2) is 7.71. The number of aliphatic hydroxyl groups excluding tert-OH is 1. The summed E-state index contributed by atoms with van der Waals surface area (Å²) in [6.07, 6.45) is 2.56. The van der Waals surface area contributed by atoms with Gasteiger partial charge in [0.1, 0.15) is 0 Å². The number of carbonyl (C=O) groups is 1. The van der Waals surface area contributed by atoms with Gasteiger partial charge in [-0.3, -0.25) is 4.79 Å². The third kappa shape index (κ3) is 4.55. The monoisotopic (exact) mass is 258 g/mol. The summed E-state index contributed by atoms with van der Waals surface area (Å²) in [5, 5.41) is 12.9. The second-order valence-corrected chi connectivity index (χ2v) is 5.13. The van der Waals surface area contributed by atoms with E-state index in [-0.39, 0.29) is 18.6 Å². The Morgan fingerprint density at radius 1 is 1.61 bits per heavy atom. The van der Waals surface area contributed by atoms with Crippen molar-refractivity contribution < 1.29 is 14.6 Å². The van der Waals surface area contributed by atoms with Crippen molar-refractivity contribution in [1.29, 1.82) is 0 Å². The molecule has 106 valence electrons. The number of hydrogen-bond donors (Lipinski definition) is 2. The number of methoxy groups -OCH3 is 1. The van der Waals surface area contributed by atoms with Crippen LogP contribution in [-0.2, 0) is 9.53 Å². The first-order valence-electron chi connectivity index (χ1n) is 6.73. The van der Waals surface area contributed by atoms with Crippen molar-refractivity contribution in [3.63, 3.8) is 0 Å². The van der Waals surface area contributed by atoms with Gasteiger partial charge in [-0.25, -0.2) is 0 Å². The highest BCUT2D eigenvalue weighted by molar-refractivity contribution is 5.81. The summed E-state index contributed by atoms with van der Waals surface area (Å²) in [5.74, 6) is 0.709. The van der Waals surface area contributed by atoms with Crippen LogP contribution in [0.25, 0.3) is 0 Å². The Hall–Kier alpha value is -0.650. The maximum Gasteiger partial charge on any atom is 0.239 e. The van der Waals surface area contributed by atoms with Crippen LogP contribution in [0.3, 0.4) is 0 Å². The van der Waals surface area contributed by atoms with E-state index in [1.54, 1.807) is 19.1 Å². The van der Waals surface area contributed by atoms with E-state index in [1.165, 1.54) is 0 Å². The molecule has 3 atom stereocenters. The molecule has 5 nitrogen and oxygen atoms in total. The van der Waals surface area contributed by atoms with Gasteiger partial charge >= 0.3 is 0 Å². The molecule has 1 amide bonds. The fraction of sp³-hybridized carbons (Fsp3) is 0.923. The van der Waals surface area contributed by atoms with Crippen LogP contribution >= 0.6 is 0 Å². The average molecular weight is 258 g/mol. The fourth-order valence-electron chi connectivity index (χ4n) is 2.47. The number of ether oxygens (including phenoxy) is 1. The summed E-state index contributed by atoms with van der Waals surface area (Å²) in [6, 6.07) is -0.0940. The van der Waals surface area contributed by atoms with Crippen molar-refractivity contribution in [2.75, 3.05) is 33.9 Å². The molecule has 0 radical (unpaired) electrons. The van der Waals surface area contributed by atoms with Crippen LogP contribution in [0.15, 0.2) is 0 Å². The minimum Gasteiger partial charge on any atom is -0.389 e. The van der Waals surface area contributed by atoms with Crippen LogP contribution in [-0.4, -0.2) is 61.9 Å². The molecule has 0 bridgehead atoms. The minimum absolute atomic E-state index is 0.0725. The third-order valence-corrected chi connectivity index (χ3v) is 3.61. The van der Waals surface area contributed by atoms with Gasteiger partial charge in [-0.2, -0.15) is 0 Å². The Labute approximate surface area is 109 Å². The first-order valence-corrected chi connectivity index (χ1v) is 6.73. The Balaban J connectivity index is 2.42. The Bertz CT molecular complexity index is 261. The molecule has 0 aromatic heterocycles. The van der Waals surface area contributed by atoms with Gasteiger partial charge in [0.15, 0.2) is 0 Å². The maximum atomic E-state index is 12.2. The summed E-state index contributed by atoms with van der Waals surface area (Å²) in [7, 11) is 3.28. The summed E-state index contributed by atoms with van der Waals surface area (Å²) in [5.41, 5.74) is 0. The van der Waals surface area contributed by atoms with Crippen LogP contribution < -0.4 is 5.32 Å². The molecule has 0 aromatic rings. The number of carbonyl (C=O) groups excluding carboxylic acids is 1. The van der Waals surface area contributed by atoms with Crippen LogP contribution in [0.5, 0.6) is 0 Å². The van der Waals surface area contributed by atoms with Crippen LogP contribution in [0.2, 0.25) is 0 Å². The topological polar surface area (TPSA) is 61.8 Å². The van der Waals surface area contributed by atoms with E-state index in [0.29, 0.717) is 12.5 Å². The number of nitrogens with one attached hydrogen (secondary N) is 1. The van der Waals surface area contributed by atoms with Crippen molar-refractivity contribution in [3.05, 3.63) is 0 Å². The summed E-state index contributed by atoms with van der Waals surface area (Å²) >= 11 is 0. The van der Waals surface area contributed by atoms with Gasteiger partial charge in [-0.1, -0.05) is 13.3 Å². The first-order chi connectivity index (χ1) is 8.58. The molecule has 1 rings (SSSR count).